The van der Waals surface area contributed by atoms with Crippen molar-refractivity contribution in [1.82, 2.24) is 9.55 Å². The van der Waals surface area contributed by atoms with Crippen molar-refractivity contribution in [3.63, 3.8) is 0 Å². The molecule has 7 heteroatoms. The van der Waals surface area contributed by atoms with E-state index in [-0.39, 0.29) is 5.56 Å². The normalized spacial score (nSPS) is 14.8. The van der Waals surface area contributed by atoms with E-state index in [1.807, 2.05) is 4.98 Å². The van der Waals surface area contributed by atoms with Crippen LogP contribution in [-0.2, 0) is 6.54 Å². The maximum Gasteiger partial charge on any atom is 0.331 e. The van der Waals surface area contributed by atoms with E-state index >= 15 is 0 Å². The lowest BCUT2D eigenvalue weighted by molar-refractivity contribution is 0.391. The van der Waals surface area contributed by atoms with Gasteiger partial charge in [0.1, 0.15) is 11.4 Å². The minimum Gasteiger partial charge on any atom is -0.494 e. The third-order valence-electron chi connectivity index (χ3n) is 2.90. The number of nitrogens with zero attached hydrogens (tertiary/aromatic N) is 1. The molecular formula is C10H14N4O3. The molecule has 2 rings (SSSR count). The smallest absolute Gasteiger partial charge is 0.331 e. The Balaban J connectivity index is 2.42. The molecule has 0 aromatic carbocycles. The highest BCUT2D eigenvalue weighted by Crippen LogP contribution is 2.32. The SMILES string of the molecule is N=C(N)c1c(O)n(CCC2CC2)c(=O)[nH]c1=O. The van der Waals surface area contributed by atoms with Crippen molar-refractivity contribution < 1.29 is 5.11 Å². The number of amidine groups is 1. The Labute approximate surface area is 96.4 Å². The van der Waals surface area contributed by atoms with Crippen LogP contribution in [0.4, 0.5) is 0 Å². The Morgan fingerprint density at radius 3 is 2.71 bits per heavy atom. The van der Waals surface area contributed by atoms with E-state index in [0.29, 0.717) is 12.5 Å². The van der Waals surface area contributed by atoms with Crippen LogP contribution in [-0.4, -0.2) is 20.5 Å². The summed E-state index contributed by atoms with van der Waals surface area (Å²) in [7, 11) is 0. The third kappa shape index (κ3) is 2.22. The van der Waals surface area contributed by atoms with Gasteiger partial charge in [-0.25, -0.2) is 4.79 Å². The lowest BCUT2D eigenvalue weighted by Gasteiger charge is -2.09. The highest BCUT2D eigenvalue weighted by Gasteiger charge is 2.22. The lowest BCUT2D eigenvalue weighted by atomic mass is 10.2. The van der Waals surface area contributed by atoms with E-state index in [1.165, 1.54) is 0 Å². The van der Waals surface area contributed by atoms with Crippen LogP contribution in [0.5, 0.6) is 5.88 Å². The minimum absolute atomic E-state index is 0.326. The zero-order chi connectivity index (χ0) is 12.6. The fraction of sp³-hybridized carbons (Fsp3) is 0.500. The van der Waals surface area contributed by atoms with Crippen molar-refractivity contribution in [2.45, 2.75) is 25.8 Å². The monoisotopic (exact) mass is 238 g/mol. The standard InChI is InChI=1S/C10H14N4O3/c11-7(12)6-8(15)13-10(17)14(9(6)16)4-3-5-1-2-5/h5,16H,1-4H2,(H3,11,12)(H,13,15,17). The lowest BCUT2D eigenvalue weighted by Crippen LogP contribution is -2.35. The van der Waals surface area contributed by atoms with E-state index in [0.717, 1.165) is 23.8 Å². The van der Waals surface area contributed by atoms with Crippen molar-refractivity contribution in [2.75, 3.05) is 0 Å². The number of nitrogen functional groups attached to an aromatic ring is 1. The second-order valence-electron chi connectivity index (χ2n) is 4.26. The molecule has 7 nitrogen and oxygen atoms in total. The fourth-order valence-corrected chi connectivity index (χ4v) is 1.73. The molecule has 0 amide bonds. The molecule has 17 heavy (non-hydrogen) atoms. The zero-order valence-electron chi connectivity index (χ0n) is 9.19. The summed E-state index contributed by atoms with van der Waals surface area (Å²) in [6.45, 7) is 0.326. The number of aromatic hydroxyl groups is 1. The minimum atomic E-state index is -0.831. The summed E-state index contributed by atoms with van der Waals surface area (Å²) >= 11 is 0. The zero-order valence-corrected chi connectivity index (χ0v) is 9.19. The summed E-state index contributed by atoms with van der Waals surface area (Å²) in [6, 6.07) is 0. The molecule has 1 fully saturated rings. The van der Waals surface area contributed by atoms with Crippen molar-refractivity contribution in [2.24, 2.45) is 11.7 Å². The van der Waals surface area contributed by atoms with E-state index in [9.17, 15) is 14.7 Å². The number of H-pyrrole nitrogens is 1. The Morgan fingerprint density at radius 2 is 2.18 bits per heavy atom. The van der Waals surface area contributed by atoms with Gasteiger partial charge in [0.2, 0.25) is 5.88 Å². The number of nitrogens with one attached hydrogen (secondary N) is 2. The van der Waals surface area contributed by atoms with Gasteiger partial charge in [0.05, 0.1) is 0 Å². The first-order chi connectivity index (χ1) is 8.00. The highest BCUT2D eigenvalue weighted by molar-refractivity contribution is 5.96. The molecule has 0 saturated heterocycles. The summed E-state index contributed by atoms with van der Waals surface area (Å²) < 4.78 is 1.05. The predicted molar refractivity (Wildman–Crippen MR) is 61.3 cm³/mol. The molecule has 1 heterocycles. The summed E-state index contributed by atoms with van der Waals surface area (Å²) in [5, 5.41) is 17.0. The topological polar surface area (TPSA) is 125 Å². The molecule has 92 valence electrons. The number of hydrogen-bond acceptors (Lipinski definition) is 4. The van der Waals surface area contributed by atoms with Crippen molar-refractivity contribution in [3.8, 4) is 5.88 Å². The van der Waals surface area contributed by atoms with Gasteiger partial charge in [0, 0.05) is 6.54 Å². The van der Waals surface area contributed by atoms with Crippen molar-refractivity contribution in [1.29, 1.82) is 5.41 Å². The van der Waals surface area contributed by atoms with Gasteiger partial charge in [0.25, 0.3) is 5.56 Å². The average Bonchev–Trinajstić information content (AvgIpc) is 2.99. The molecule has 0 unspecified atom stereocenters. The van der Waals surface area contributed by atoms with Crippen LogP contribution in [0.2, 0.25) is 0 Å². The van der Waals surface area contributed by atoms with Gasteiger partial charge in [-0.05, 0) is 12.3 Å². The quantitative estimate of drug-likeness (QED) is 0.410. The van der Waals surface area contributed by atoms with Gasteiger partial charge in [-0.15, -0.1) is 0 Å². The Hall–Kier alpha value is -2.05. The largest absolute Gasteiger partial charge is 0.494 e. The number of rotatable bonds is 4. The van der Waals surface area contributed by atoms with Gasteiger partial charge in [-0.2, -0.15) is 0 Å². The third-order valence-corrected chi connectivity index (χ3v) is 2.90. The summed E-state index contributed by atoms with van der Waals surface area (Å²) in [6.07, 6.45) is 3.05. The van der Waals surface area contributed by atoms with Crippen LogP contribution in [0, 0.1) is 11.3 Å². The molecular weight excluding hydrogens is 224 g/mol. The van der Waals surface area contributed by atoms with Crippen LogP contribution in [0.15, 0.2) is 9.59 Å². The van der Waals surface area contributed by atoms with Gasteiger partial charge in [0.15, 0.2) is 0 Å². The van der Waals surface area contributed by atoms with Crippen LogP contribution in [0.1, 0.15) is 24.8 Å². The molecule has 0 bridgehead atoms. The molecule has 0 radical (unpaired) electrons. The number of aromatic amines is 1. The molecule has 0 atom stereocenters. The Kier molecular flexibility index (Phi) is 2.74. The Bertz CT molecular complexity index is 568. The second-order valence-corrected chi connectivity index (χ2v) is 4.26. The molecule has 0 spiro atoms. The first-order valence-corrected chi connectivity index (χ1v) is 5.41. The summed E-state index contributed by atoms with van der Waals surface area (Å²) in [5.74, 6) is -0.482. The van der Waals surface area contributed by atoms with Gasteiger partial charge in [-0.1, -0.05) is 12.8 Å². The van der Waals surface area contributed by atoms with E-state index in [2.05, 4.69) is 0 Å². The second kappa shape index (κ2) is 4.08. The predicted octanol–water partition coefficient (Wildman–Crippen LogP) is -0.674. The van der Waals surface area contributed by atoms with E-state index in [1.54, 1.807) is 0 Å². The first-order valence-electron chi connectivity index (χ1n) is 5.41. The molecule has 1 aromatic heterocycles. The molecule has 1 aromatic rings. The molecule has 0 aliphatic heterocycles. The molecule has 1 aliphatic carbocycles. The Morgan fingerprint density at radius 1 is 1.53 bits per heavy atom. The van der Waals surface area contributed by atoms with Crippen LogP contribution < -0.4 is 17.0 Å². The van der Waals surface area contributed by atoms with Crippen LogP contribution in [0.25, 0.3) is 0 Å². The summed E-state index contributed by atoms with van der Waals surface area (Å²) in [5.41, 5.74) is 3.34. The number of nitrogens with two attached hydrogens (primary N) is 1. The first kappa shape index (κ1) is 11.4. The number of aromatic nitrogens is 2. The fourth-order valence-electron chi connectivity index (χ4n) is 1.73. The summed E-state index contributed by atoms with van der Waals surface area (Å²) in [4.78, 5) is 24.9. The molecule has 5 N–H and O–H groups in total. The maximum atomic E-state index is 11.5. The average molecular weight is 238 g/mol. The van der Waals surface area contributed by atoms with Gasteiger partial charge in [-0.3, -0.25) is 19.8 Å². The van der Waals surface area contributed by atoms with E-state index < -0.39 is 23.0 Å². The van der Waals surface area contributed by atoms with Crippen LogP contribution in [0.3, 0.4) is 0 Å². The molecule has 1 aliphatic rings. The van der Waals surface area contributed by atoms with Gasteiger partial charge < -0.3 is 10.8 Å². The van der Waals surface area contributed by atoms with E-state index in [4.69, 9.17) is 11.1 Å². The van der Waals surface area contributed by atoms with Gasteiger partial charge >= 0.3 is 5.69 Å². The maximum absolute atomic E-state index is 11.5. The van der Waals surface area contributed by atoms with Crippen LogP contribution >= 0.6 is 0 Å². The number of hydrogen-bond donors (Lipinski definition) is 4. The highest BCUT2D eigenvalue weighted by atomic mass is 16.3. The van der Waals surface area contributed by atoms with Crippen molar-refractivity contribution in [3.05, 3.63) is 26.4 Å². The van der Waals surface area contributed by atoms with Crippen molar-refractivity contribution >= 4 is 5.84 Å². The molecule has 1 saturated carbocycles.